The maximum absolute atomic E-state index is 4.61. The summed E-state index contributed by atoms with van der Waals surface area (Å²) in [6.45, 7) is 12.8. The Morgan fingerprint density at radius 2 is 1.58 bits per heavy atom. The van der Waals surface area contributed by atoms with Crippen LogP contribution in [0.4, 0.5) is 17.6 Å². The first-order chi connectivity index (χ1) is 12.4. The number of unbranched alkanes of at least 4 members (excludes halogenated alkanes) is 2. The number of hydrogen-bond donors (Lipinski definition) is 2. The van der Waals surface area contributed by atoms with Crippen molar-refractivity contribution < 1.29 is 0 Å². The van der Waals surface area contributed by atoms with Crippen LogP contribution in [0.2, 0.25) is 0 Å². The van der Waals surface area contributed by atoms with Crippen LogP contribution in [-0.4, -0.2) is 21.0 Å². The average molecular weight is 356 g/mol. The smallest absolute Gasteiger partial charge is 0.232 e. The molecule has 5 heteroatoms. The van der Waals surface area contributed by atoms with Crippen molar-refractivity contribution in [3.05, 3.63) is 34.6 Å². The van der Waals surface area contributed by atoms with Gasteiger partial charge in [0.25, 0.3) is 0 Å². The van der Waals surface area contributed by atoms with E-state index >= 15 is 0 Å². The minimum Gasteiger partial charge on any atom is -0.352 e. The van der Waals surface area contributed by atoms with E-state index < -0.39 is 0 Å². The molecule has 0 aliphatic carbocycles. The molecule has 2 rings (SSSR count). The molecular weight excluding hydrogens is 322 g/mol. The van der Waals surface area contributed by atoms with Gasteiger partial charge < -0.3 is 10.6 Å². The van der Waals surface area contributed by atoms with Gasteiger partial charge in [0, 0.05) is 18.2 Å². The van der Waals surface area contributed by atoms with Crippen molar-refractivity contribution >= 4 is 17.6 Å². The molecule has 1 atom stereocenters. The highest BCUT2D eigenvalue weighted by molar-refractivity contribution is 5.64. The van der Waals surface area contributed by atoms with E-state index in [2.05, 4.69) is 79.3 Å². The van der Waals surface area contributed by atoms with Crippen LogP contribution in [0.3, 0.4) is 0 Å². The summed E-state index contributed by atoms with van der Waals surface area (Å²) < 4.78 is 0. The van der Waals surface area contributed by atoms with Crippen LogP contribution < -0.4 is 10.6 Å². The summed E-state index contributed by atoms with van der Waals surface area (Å²) in [4.78, 5) is 13.7. The summed E-state index contributed by atoms with van der Waals surface area (Å²) in [5.74, 6) is 2.06. The molecule has 1 aromatic carbocycles. The number of aromatic nitrogens is 3. The molecule has 2 aromatic rings. The fourth-order valence-electron chi connectivity index (χ4n) is 3.18. The van der Waals surface area contributed by atoms with Crippen LogP contribution in [0.25, 0.3) is 0 Å². The highest BCUT2D eigenvalue weighted by atomic mass is 15.2. The summed E-state index contributed by atoms with van der Waals surface area (Å²) in [5, 5.41) is 6.84. The Labute approximate surface area is 158 Å². The van der Waals surface area contributed by atoms with E-state index in [9.17, 15) is 0 Å². The van der Waals surface area contributed by atoms with Gasteiger partial charge in [-0.05, 0) is 45.2 Å². The predicted octanol–water partition coefficient (Wildman–Crippen LogP) is 5.48. The van der Waals surface area contributed by atoms with E-state index in [0.717, 1.165) is 24.4 Å². The third-order valence-corrected chi connectivity index (χ3v) is 4.53. The number of nitrogens with zero attached hydrogens (tertiary/aromatic N) is 3. The molecule has 5 nitrogen and oxygen atoms in total. The Morgan fingerprint density at radius 1 is 0.923 bits per heavy atom. The standard InChI is InChI=1S/C21H33N5/c1-7-9-10-11-17(6)22-20-23-18(8-2)24-21(26-20)25-19-15(4)12-14(3)13-16(19)5/h12-13,17H,7-11H2,1-6H3,(H2,22,23,24,25,26). The monoisotopic (exact) mass is 355 g/mol. The van der Waals surface area contributed by atoms with E-state index in [1.54, 1.807) is 0 Å². The molecule has 1 aromatic heterocycles. The van der Waals surface area contributed by atoms with E-state index in [1.807, 2.05) is 0 Å². The van der Waals surface area contributed by atoms with Gasteiger partial charge in [0.15, 0.2) is 0 Å². The first-order valence-electron chi connectivity index (χ1n) is 9.79. The molecule has 1 unspecified atom stereocenters. The Morgan fingerprint density at radius 3 is 2.19 bits per heavy atom. The Bertz CT molecular complexity index is 703. The molecule has 142 valence electrons. The van der Waals surface area contributed by atoms with E-state index in [-0.39, 0.29) is 0 Å². The molecule has 0 saturated carbocycles. The van der Waals surface area contributed by atoms with Gasteiger partial charge in [-0.1, -0.05) is 50.8 Å². The van der Waals surface area contributed by atoms with Gasteiger partial charge in [-0.25, -0.2) is 0 Å². The van der Waals surface area contributed by atoms with Gasteiger partial charge in [0.05, 0.1) is 0 Å². The molecule has 0 amide bonds. The largest absolute Gasteiger partial charge is 0.352 e. The van der Waals surface area contributed by atoms with Crippen molar-refractivity contribution in [3.63, 3.8) is 0 Å². The van der Waals surface area contributed by atoms with E-state index in [0.29, 0.717) is 17.9 Å². The van der Waals surface area contributed by atoms with Crippen molar-refractivity contribution in [3.8, 4) is 0 Å². The quantitative estimate of drug-likeness (QED) is 0.583. The summed E-state index contributed by atoms with van der Waals surface area (Å²) >= 11 is 0. The minimum atomic E-state index is 0.351. The minimum absolute atomic E-state index is 0.351. The molecule has 0 radical (unpaired) electrons. The first-order valence-corrected chi connectivity index (χ1v) is 9.79. The van der Waals surface area contributed by atoms with Gasteiger partial charge in [-0.3, -0.25) is 0 Å². The molecule has 26 heavy (non-hydrogen) atoms. The highest BCUT2D eigenvalue weighted by Gasteiger charge is 2.11. The van der Waals surface area contributed by atoms with Gasteiger partial charge in [0.1, 0.15) is 5.82 Å². The summed E-state index contributed by atoms with van der Waals surface area (Å²) in [6, 6.07) is 4.70. The molecule has 2 N–H and O–H groups in total. The number of benzene rings is 1. The Kier molecular flexibility index (Phi) is 7.37. The lowest BCUT2D eigenvalue weighted by Crippen LogP contribution is -2.18. The average Bonchev–Trinajstić information content (AvgIpc) is 2.58. The highest BCUT2D eigenvalue weighted by Crippen LogP contribution is 2.25. The van der Waals surface area contributed by atoms with Gasteiger partial charge in [-0.15, -0.1) is 0 Å². The second kappa shape index (κ2) is 9.51. The Hall–Kier alpha value is -2.17. The fourth-order valence-corrected chi connectivity index (χ4v) is 3.18. The number of anilines is 3. The van der Waals surface area contributed by atoms with Crippen molar-refractivity contribution in [1.29, 1.82) is 0 Å². The lowest BCUT2D eigenvalue weighted by atomic mass is 10.1. The van der Waals surface area contributed by atoms with Crippen molar-refractivity contribution in [2.75, 3.05) is 10.6 Å². The van der Waals surface area contributed by atoms with Gasteiger partial charge in [0.2, 0.25) is 11.9 Å². The van der Waals surface area contributed by atoms with Crippen LogP contribution in [0, 0.1) is 20.8 Å². The molecular formula is C21H33N5. The zero-order valence-corrected chi connectivity index (χ0v) is 17.1. The molecule has 0 bridgehead atoms. The lowest BCUT2D eigenvalue weighted by Gasteiger charge is -2.16. The number of hydrogen-bond acceptors (Lipinski definition) is 5. The molecule has 1 heterocycles. The van der Waals surface area contributed by atoms with Gasteiger partial charge >= 0.3 is 0 Å². The normalized spacial score (nSPS) is 12.1. The van der Waals surface area contributed by atoms with Crippen molar-refractivity contribution in [2.24, 2.45) is 0 Å². The third kappa shape index (κ3) is 5.68. The SMILES string of the molecule is CCCCCC(C)Nc1nc(CC)nc(Nc2c(C)cc(C)cc2C)n1. The maximum atomic E-state index is 4.61. The Balaban J connectivity index is 2.19. The van der Waals surface area contributed by atoms with Crippen LogP contribution in [-0.2, 0) is 6.42 Å². The third-order valence-electron chi connectivity index (χ3n) is 4.53. The number of nitrogens with one attached hydrogen (secondary N) is 2. The second-order valence-electron chi connectivity index (χ2n) is 7.19. The molecule has 0 saturated heterocycles. The zero-order chi connectivity index (χ0) is 19.1. The maximum Gasteiger partial charge on any atom is 0.232 e. The topological polar surface area (TPSA) is 62.7 Å². The van der Waals surface area contributed by atoms with Crippen LogP contribution in [0.5, 0.6) is 0 Å². The second-order valence-corrected chi connectivity index (χ2v) is 7.19. The van der Waals surface area contributed by atoms with Gasteiger partial charge in [-0.2, -0.15) is 15.0 Å². The molecule has 0 fully saturated rings. The van der Waals surface area contributed by atoms with E-state index in [1.165, 1.54) is 36.0 Å². The van der Waals surface area contributed by atoms with Crippen molar-refractivity contribution in [2.45, 2.75) is 79.7 Å². The summed E-state index contributed by atoms with van der Waals surface area (Å²) in [5.41, 5.74) is 4.73. The van der Waals surface area contributed by atoms with Crippen LogP contribution in [0.1, 0.15) is 69.0 Å². The molecule has 0 spiro atoms. The van der Waals surface area contributed by atoms with Crippen molar-refractivity contribution in [1.82, 2.24) is 15.0 Å². The molecule has 0 aliphatic heterocycles. The van der Waals surface area contributed by atoms with Crippen LogP contribution >= 0.6 is 0 Å². The number of aryl methyl sites for hydroxylation is 4. The van der Waals surface area contributed by atoms with Crippen LogP contribution in [0.15, 0.2) is 12.1 Å². The predicted molar refractivity (Wildman–Crippen MR) is 110 cm³/mol. The van der Waals surface area contributed by atoms with E-state index in [4.69, 9.17) is 0 Å². The number of rotatable bonds is 9. The summed E-state index contributed by atoms with van der Waals surface area (Å²) in [7, 11) is 0. The first kappa shape index (κ1) is 20.1. The fraction of sp³-hybridized carbons (Fsp3) is 0.571. The summed E-state index contributed by atoms with van der Waals surface area (Å²) in [6.07, 6.45) is 5.63. The zero-order valence-electron chi connectivity index (χ0n) is 17.1. The molecule has 0 aliphatic rings. The lowest BCUT2D eigenvalue weighted by molar-refractivity contribution is 0.611.